The van der Waals surface area contributed by atoms with Gasteiger partial charge in [-0.3, -0.25) is 4.79 Å². The van der Waals surface area contributed by atoms with E-state index in [1.54, 1.807) is 4.90 Å². The van der Waals surface area contributed by atoms with Crippen LogP contribution < -0.4 is 5.32 Å². The number of rotatable bonds is 8. The molecule has 0 unspecified atom stereocenters. The third kappa shape index (κ3) is 5.78. The number of nitrogens with one attached hydrogen (secondary N) is 1. The molecule has 2 fully saturated rings. The van der Waals surface area contributed by atoms with E-state index in [9.17, 15) is 9.59 Å². The molecule has 1 aromatic heterocycles. The van der Waals surface area contributed by atoms with Crippen molar-refractivity contribution in [3.8, 4) is 0 Å². The van der Waals surface area contributed by atoms with Crippen LogP contribution in [0, 0.1) is 24.2 Å². The molecule has 1 saturated carbocycles. The highest BCUT2D eigenvalue weighted by molar-refractivity contribution is 6.76. The van der Waals surface area contributed by atoms with Gasteiger partial charge < -0.3 is 19.7 Å². The molecule has 1 N–H and O–H groups in total. The summed E-state index contributed by atoms with van der Waals surface area (Å²) in [5.41, 5.74) is 1.58. The Bertz CT molecular complexity index is 1230. The van der Waals surface area contributed by atoms with Crippen LogP contribution in [0.4, 0.5) is 4.79 Å². The smallest absolute Gasteiger partial charge is 0.410 e. The zero-order chi connectivity index (χ0) is 28.3. The fraction of sp³-hybridized carbons (Fsp3) is 0.690. The molecule has 4 rings (SSSR count). The molecule has 3 atom stereocenters. The van der Waals surface area contributed by atoms with Gasteiger partial charge in [0.15, 0.2) is 0 Å². The number of likely N-dealkylation sites (tertiary alicyclic amines) is 1. The highest BCUT2D eigenvalue weighted by atomic mass is 28.3. The van der Waals surface area contributed by atoms with Crippen LogP contribution in [0.25, 0.3) is 10.9 Å². The van der Waals surface area contributed by atoms with E-state index in [1.807, 2.05) is 45.4 Å². The van der Waals surface area contributed by atoms with Crippen LogP contribution in [0.15, 0.2) is 18.2 Å². The number of hydrogen-bond donors (Lipinski definition) is 1. The van der Waals surface area contributed by atoms with Crippen molar-refractivity contribution < 1.29 is 19.1 Å². The Balaban J connectivity index is 1.46. The van der Waals surface area contributed by atoms with Crippen molar-refractivity contribution in [3.05, 3.63) is 29.5 Å². The first-order chi connectivity index (χ1) is 17.4. The largest absolute Gasteiger partial charge is 0.444 e. The predicted octanol–water partition coefficient (Wildman–Crippen LogP) is 5.51. The van der Waals surface area contributed by atoms with E-state index in [0.29, 0.717) is 19.8 Å². The summed E-state index contributed by atoms with van der Waals surface area (Å²) in [6, 6.07) is 7.30. The Labute approximate surface area is 228 Å². The van der Waals surface area contributed by atoms with Crippen molar-refractivity contribution in [3.63, 3.8) is 0 Å². The lowest BCUT2D eigenvalue weighted by atomic mass is 9.95. The molecule has 2 heterocycles. The minimum atomic E-state index is -1.18. The number of hydrogen-bond acceptors (Lipinski definition) is 5. The van der Waals surface area contributed by atoms with Crippen LogP contribution in [0.2, 0.25) is 25.7 Å². The molecule has 2 amide bonds. The first kappa shape index (κ1) is 28.6. The van der Waals surface area contributed by atoms with Crippen molar-refractivity contribution in [1.82, 2.24) is 20.0 Å². The van der Waals surface area contributed by atoms with E-state index in [-0.39, 0.29) is 29.3 Å². The molecule has 38 heavy (non-hydrogen) atoms. The summed E-state index contributed by atoms with van der Waals surface area (Å²) in [5.74, 6) is 0.0376. The molecule has 0 bridgehead atoms. The van der Waals surface area contributed by atoms with Gasteiger partial charge in [0.25, 0.3) is 0 Å². The Morgan fingerprint density at radius 2 is 1.87 bits per heavy atom. The van der Waals surface area contributed by atoms with Gasteiger partial charge in [-0.15, -0.1) is 0 Å². The Morgan fingerprint density at radius 1 is 1.18 bits per heavy atom. The number of amides is 2. The van der Waals surface area contributed by atoms with Gasteiger partial charge in [-0.2, -0.15) is 5.10 Å². The Hall–Kier alpha value is -2.39. The van der Waals surface area contributed by atoms with Crippen LogP contribution >= 0.6 is 0 Å². The van der Waals surface area contributed by atoms with Crippen LogP contribution in [-0.2, 0) is 26.5 Å². The van der Waals surface area contributed by atoms with E-state index in [1.165, 1.54) is 0 Å². The average Bonchev–Trinajstić information content (AvgIpc) is 3.04. The fourth-order valence-corrected chi connectivity index (χ4v) is 6.55. The van der Waals surface area contributed by atoms with E-state index in [0.717, 1.165) is 34.8 Å². The third-order valence-corrected chi connectivity index (χ3v) is 9.65. The molecule has 2 aromatic rings. The standard InChI is InChI=1S/C29H46N4O4Si/c1-19-12-11-13-20-23(19)33(18-36-14-15-38(8,9)10)31-24(20)28(5,6)30-25(34)22-21-16-32(17-29(21,22)7)26(35)37-27(2,3)4/h11-13,21-22H,14-18H2,1-10H3,(H,30,34)/t21-,22+,29-/m1/s1. The second-order valence-corrected chi connectivity index (χ2v) is 19.9. The van der Waals surface area contributed by atoms with Gasteiger partial charge in [0.05, 0.1) is 22.7 Å². The summed E-state index contributed by atoms with van der Waals surface area (Å²) in [6.45, 7) is 23.0. The number of carbonyl (C=O) groups is 2. The highest BCUT2D eigenvalue weighted by Crippen LogP contribution is 2.63. The summed E-state index contributed by atoms with van der Waals surface area (Å²) in [6.07, 6.45) is -0.301. The van der Waals surface area contributed by atoms with E-state index in [4.69, 9.17) is 14.6 Å². The molecule has 1 saturated heterocycles. The van der Waals surface area contributed by atoms with Gasteiger partial charge in [0.1, 0.15) is 12.3 Å². The van der Waals surface area contributed by atoms with E-state index in [2.05, 4.69) is 50.9 Å². The predicted molar refractivity (Wildman–Crippen MR) is 153 cm³/mol. The molecule has 1 aliphatic carbocycles. The minimum absolute atomic E-state index is 0.0214. The summed E-state index contributed by atoms with van der Waals surface area (Å²) in [5, 5.41) is 9.29. The van der Waals surface area contributed by atoms with Crippen molar-refractivity contribution in [2.45, 2.75) is 92.0 Å². The van der Waals surface area contributed by atoms with Gasteiger partial charge in [-0.1, -0.05) is 44.8 Å². The number of aromatic nitrogens is 2. The van der Waals surface area contributed by atoms with Crippen LogP contribution in [0.3, 0.4) is 0 Å². The van der Waals surface area contributed by atoms with Crippen molar-refractivity contribution in [2.24, 2.45) is 17.3 Å². The van der Waals surface area contributed by atoms with Gasteiger partial charge in [-0.05, 0) is 59.1 Å². The maximum Gasteiger partial charge on any atom is 0.410 e. The number of carbonyl (C=O) groups excluding carboxylic acids is 2. The van der Waals surface area contributed by atoms with E-state index >= 15 is 0 Å². The lowest BCUT2D eigenvalue weighted by Gasteiger charge is -2.28. The normalized spacial score (nSPS) is 23.5. The number of ether oxygens (including phenoxy) is 2. The van der Waals surface area contributed by atoms with Gasteiger partial charge in [0, 0.05) is 38.6 Å². The number of benzene rings is 1. The number of piperidine rings is 1. The second-order valence-electron chi connectivity index (χ2n) is 14.2. The van der Waals surface area contributed by atoms with Gasteiger partial charge in [0.2, 0.25) is 5.91 Å². The lowest BCUT2D eigenvalue weighted by Crippen LogP contribution is -2.45. The molecular weight excluding hydrogens is 496 g/mol. The maximum atomic E-state index is 13.5. The molecule has 8 nitrogen and oxygen atoms in total. The first-order valence-electron chi connectivity index (χ1n) is 13.8. The van der Waals surface area contributed by atoms with Gasteiger partial charge >= 0.3 is 6.09 Å². The first-order valence-corrected chi connectivity index (χ1v) is 17.5. The SMILES string of the molecule is Cc1cccc2c(C(C)(C)NC(=O)[C@@H]3[C@H]4CN(C(=O)OC(C)(C)C)C[C@]43C)nn(COCC[Si](C)(C)C)c12. The summed E-state index contributed by atoms with van der Waals surface area (Å²) >= 11 is 0. The monoisotopic (exact) mass is 542 g/mol. The molecule has 210 valence electrons. The van der Waals surface area contributed by atoms with Gasteiger partial charge in [-0.25, -0.2) is 9.48 Å². The maximum absolute atomic E-state index is 13.5. The summed E-state index contributed by atoms with van der Waals surface area (Å²) in [4.78, 5) is 27.8. The zero-order valence-electron chi connectivity index (χ0n) is 24.9. The van der Waals surface area contributed by atoms with Crippen molar-refractivity contribution in [2.75, 3.05) is 19.7 Å². The number of nitrogens with zero attached hydrogens (tertiary/aromatic N) is 3. The topological polar surface area (TPSA) is 85.7 Å². The molecule has 2 aliphatic rings. The molecular formula is C29H46N4O4Si. The highest BCUT2D eigenvalue weighted by Gasteiger charge is 2.70. The molecule has 1 aromatic carbocycles. The quantitative estimate of drug-likeness (QED) is 0.351. The average molecular weight is 543 g/mol. The number of para-hydroxylation sites is 1. The number of aryl methyl sites for hydroxylation is 1. The minimum Gasteiger partial charge on any atom is -0.444 e. The number of fused-ring (bicyclic) bond motifs is 2. The molecule has 1 aliphatic heterocycles. The van der Waals surface area contributed by atoms with Crippen molar-refractivity contribution in [1.29, 1.82) is 0 Å². The Kier molecular flexibility index (Phi) is 7.27. The molecule has 0 spiro atoms. The fourth-order valence-electron chi connectivity index (χ4n) is 5.80. The van der Waals surface area contributed by atoms with E-state index < -0.39 is 19.2 Å². The summed E-state index contributed by atoms with van der Waals surface area (Å²) in [7, 11) is -1.18. The zero-order valence-corrected chi connectivity index (χ0v) is 25.9. The summed E-state index contributed by atoms with van der Waals surface area (Å²) < 4.78 is 13.5. The van der Waals surface area contributed by atoms with Crippen LogP contribution in [-0.4, -0.2) is 60.1 Å². The van der Waals surface area contributed by atoms with Crippen LogP contribution in [0.5, 0.6) is 0 Å². The lowest BCUT2D eigenvalue weighted by molar-refractivity contribution is -0.125. The van der Waals surface area contributed by atoms with Crippen LogP contribution in [0.1, 0.15) is 52.8 Å². The van der Waals surface area contributed by atoms with Crippen molar-refractivity contribution >= 4 is 31.0 Å². The third-order valence-electron chi connectivity index (χ3n) is 7.94. The molecule has 0 radical (unpaired) electrons. The Morgan fingerprint density at radius 3 is 2.45 bits per heavy atom. The molecule has 9 heteroatoms. The second kappa shape index (κ2) is 9.66.